The van der Waals surface area contributed by atoms with E-state index in [4.69, 9.17) is 4.74 Å². The molecule has 2 fully saturated rings. The molecule has 0 spiro atoms. The number of carbonyl (C=O) groups is 1. The van der Waals surface area contributed by atoms with Gasteiger partial charge >= 0.3 is 0 Å². The van der Waals surface area contributed by atoms with Crippen molar-refractivity contribution in [1.29, 1.82) is 0 Å². The number of amides is 1. The van der Waals surface area contributed by atoms with Crippen LogP contribution in [0.2, 0.25) is 0 Å². The van der Waals surface area contributed by atoms with Gasteiger partial charge in [0, 0.05) is 26.1 Å². The first kappa shape index (κ1) is 9.93. The maximum absolute atomic E-state index is 11.0. The highest BCUT2D eigenvalue weighted by atomic mass is 16.5. The lowest BCUT2D eigenvalue weighted by molar-refractivity contribution is -0.119. The number of carbonyl (C=O) groups excluding carboxylic acids is 1. The van der Waals surface area contributed by atoms with Crippen molar-refractivity contribution in [1.82, 2.24) is 10.2 Å². The van der Waals surface area contributed by atoms with E-state index in [1.165, 1.54) is 0 Å². The van der Waals surface area contributed by atoms with Crippen molar-refractivity contribution >= 4 is 5.91 Å². The largest absolute Gasteiger partial charge is 0.379 e. The second-order valence-electron chi connectivity index (χ2n) is 4.12. The maximum atomic E-state index is 11.0. The monoisotopic (exact) mass is 198 g/mol. The molecule has 2 aliphatic rings. The van der Waals surface area contributed by atoms with Crippen molar-refractivity contribution < 1.29 is 9.53 Å². The minimum absolute atomic E-state index is 0.219. The molecule has 0 bridgehead atoms. The molecule has 2 aliphatic heterocycles. The highest BCUT2D eigenvalue weighted by molar-refractivity contribution is 5.78. The van der Waals surface area contributed by atoms with Gasteiger partial charge in [-0.25, -0.2) is 0 Å². The minimum Gasteiger partial charge on any atom is -0.379 e. The fraction of sp³-hybridized carbons (Fsp3) is 0.900. The predicted molar refractivity (Wildman–Crippen MR) is 53.0 cm³/mol. The second-order valence-corrected chi connectivity index (χ2v) is 4.12. The molecule has 1 atom stereocenters. The molecule has 2 heterocycles. The van der Waals surface area contributed by atoms with Gasteiger partial charge in [0.25, 0.3) is 0 Å². The van der Waals surface area contributed by atoms with E-state index < -0.39 is 0 Å². The summed E-state index contributed by atoms with van der Waals surface area (Å²) in [4.78, 5) is 13.4. The first-order valence-electron chi connectivity index (χ1n) is 5.41. The fourth-order valence-electron chi connectivity index (χ4n) is 2.06. The summed E-state index contributed by atoms with van der Waals surface area (Å²) in [6, 6.07) is 0. The zero-order valence-electron chi connectivity index (χ0n) is 8.50. The molecule has 0 radical (unpaired) electrons. The standard InChI is InChI=1S/C10H18N2O2/c13-10-7-9(8-11-10)1-2-12-3-5-14-6-4-12/h9H,1-8H2,(H,11,13). The molecule has 2 rings (SSSR count). The third-order valence-corrected chi connectivity index (χ3v) is 3.02. The van der Waals surface area contributed by atoms with Crippen LogP contribution in [-0.4, -0.2) is 50.2 Å². The first-order valence-corrected chi connectivity index (χ1v) is 5.41. The van der Waals surface area contributed by atoms with Gasteiger partial charge in [0.1, 0.15) is 0 Å². The Bertz CT molecular complexity index is 202. The van der Waals surface area contributed by atoms with Gasteiger partial charge in [-0.3, -0.25) is 9.69 Å². The van der Waals surface area contributed by atoms with Gasteiger partial charge in [-0.05, 0) is 18.9 Å². The summed E-state index contributed by atoms with van der Waals surface area (Å²) >= 11 is 0. The van der Waals surface area contributed by atoms with Crippen LogP contribution in [0.4, 0.5) is 0 Å². The molecule has 0 aromatic heterocycles. The number of morpholine rings is 1. The topological polar surface area (TPSA) is 41.6 Å². The molecule has 0 aliphatic carbocycles. The van der Waals surface area contributed by atoms with Gasteiger partial charge in [-0.15, -0.1) is 0 Å². The van der Waals surface area contributed by atoms with Crippen LogP contribution >= 0.6 is 0 Å². The lowest BCUT2D eigenvalue weighted by Gasteiger charge is -2.27. The summed E-state index contributed by atoms with van der Waals surface area (Å²) in [5.41, 5.74) is 0. The Labute approximate surface area is 84.6 Å². The average molecular weight is 198 g/mol. The van der Waals surface area contributed by atoms with Gasteiger partial charge in [0.05, 0.1) is 13.2 Å². The van der Waals surface area contributed by atoms with Crippen LogP contribution < -0.4 is 5.32 Å². The quantitative estimate of drug-likeness (QED) is 0.685. The highest BCUT2D eigenvalue weighted by Crippen LogP contribution is 2.14. The SMILES string of the molecule is O=C1CC(CCN2CCOCC2)CN1. The Morgan fingerprint density at radius 3 is 2.86 bits per heavy atom. The van der Waals surface area contributed by atoms with E-state index in [-0.39, 0.29) is 5.91 Å². The molecular formula is C10H18N2O2. The van der Waals surface area contributed by atoms with E-state index in [0.29, 0.717) is 5.92 Å². The number of hydrogen-bond acceptors (Lipinski definition) is 3. The van der Waals surface area contributed by atoms with Crippen LogP contribution in [0.1, 0.15) is 12.8 Å². The molecule has 80 valence electrons. The number of ether oxygens (including phenoxy) is 1. The molecule has 1 unspecified atom stereocenters. The lowest BCUT2D eigenvalue weighted by Crippen LogP contribution is -2.37. The van der Waals surface area contributed by atoms with E-state index in [2.05, 4.69) is 10.2 Å². The zero-order valence-corrected chi connectivity index (χ0v) is 8.50. The molecule has 1 N–H and O–H groups in total. The Balaban J connectivity index is 1.63. The van der Waals surface area contributed by atoms with Crippen molar-refractivity contribution in [2.45, 2.75) is 12.8 Å². The van der Waals surface area contributed by atoms with Gasteiger partial charge in [0.15, 0.2) is 0 Å². The highest BCUT2D eigenvalue weighted by Gasteiger charge is 2.22. The Hall–Kier alpha value is -0.610. The van der Waals surface area contributed by atoms with Gasteiger partial charge in [-0.2, -0.15) is 0 Å². The van der Waals surface area contributed by atoms with E-state index in [1.807, 2.05) is 0 Å². The summed E-state index contributed by atoms with van der Waals surface area (Å²) in [5.74, 6) is 0.780. The molecule has 0 saturated carbocycles. The normalized spacial score (nSPS) is 29.1. The molecule has 0 aromatic rings. The number of rotatable bonds is 3. The number of nitrogens with one attached hydrogen (secondary N) is 1. The number of nitrogens with zero attached hydrogens (tertiary/aromatic N) is 1. The van der Waals surface area contributed by atoms with Crippen molar-refractivity contribution in [2.24, 2.45) is 5.92 Å². The van der Waals surface area contributed by atoms with E-state index in [9.17, 15) is 4.79 Å². The Kier molecular flexibility index (Phi) is 3.37. The van der Waals surface area contributed by atoms with Gasteiger partial charge in [-0.1, -0.05) is 0 Å². The maximum Gasteiger partial charge on any atom is 0.220 e. The van der Waals surface area contributed by atoms with Crippen molar-refractivity contribution in [2.75, 3.05) is 39.4 Å². The Morgan fingerprint density at radius 2 is 2.21 bits per heavy atom. The Morgan fingerprint density at radius 1 is 1.43 bits per heavy atom. The van der Waals surface area contributed by atoms with Crippen LogP contribution in [-0.2, 0) is 9.53 Å². The summed E-state index contributed by atoms with van der Waals surface area (Å²) in [6.45, 7) is 5.82. The van der Waals surface area contributed by atoms with E-state index >= 15 is 0 Å². The predicted octanol–water partition coefficient (Wildman–Crippen LogP) is -0.155. The van der Waals surface area contributed by atoms with Crippen molar-refractivity contribution in [3.8, 4) is 0 Å². The summed E-state index contributed by atoms with van der Waals surface area (Å²) in [7, 11) is 0. The van der Waals surface area contributed by atoms with Gasteiger partial charge < -0.3 is 10.1 Å². The zero-order chi connectivity index (χ0) is 9.80. The lowest BCUT2D eigenvalue weighted by atomic mass is 10.0. The number of hydrogen-bond donors (Lipinski definition) is 1. The fourth-order valence-corrected chi connectivity index (χ4v) is 2.06. The van der Waals surface area contributed by atoms with Crippen LogP contribution in [0.5, 0.6) is 0 Å². The average Bonchev–Trinajstić information content (AvgIpc) is 2.63. The molecule has 4 heteroatoms. The minimum atomic E-state index is 0.219. The van der Waals surface area contributed by atoms with E-state index in [0.717, 1.165) is 52.2 Å². The summed E-state index contributed by atoms with van der Waals surface area (Å²) in [5, 5.41) is 2.88. The third-order valence-electron chi connectivity index (χ3n) is 3.02. The molecular weight excluding hydrogens is 180 g/mol. The van der Waals surface area contributed by atoms with Crippen LogP contribution in [0.3, 0.4) is 0 Å². The van der Waals surface area contributed by atoms with Gasteiger partial charge in [0.2, 0.25) is 5.91 Å². The molecule has 1 amide bonds. The van der Waals surface area contributed by atoms with Crippen molar-refractivity contribution in [3.63, 3.8) is 0 Å². The molecule has 14 heavy (non-hydrogen) atoms. The van der Waals surface area contributed by atoms with E-state index in [1.54, 1.807) is 0 Å². The third kappa shape index (κ3) is 2.69. The second kappa shape index (κ2) is 4.75. The van der Waals surface area contributed by atoms with Crippen LogP contribution in [0.15, 0.2) is 0 Å². The molecule has 2 saturated heterocycles. The van der Waals surface area contributed by atoms with Crippen LogP contribution in [0, 0.1) is 5.92 Å². The summed E-state index contributed by atoms with van der Waals surface area (Å²) in [6.07, 6.45) is 1.86. The van der Waals surface area contributed by atoms with Crippen LogP contribution in [0.25, 0.3) is 0 Å². The molecule has 4 nitrogen and oxygen atoms in total. The van der Waals surface area contributed by atoms with Crippen molar-refractivity contribution in [3.05, 3.63) is 0 Å². The first-order chi connectivity index (χ1) is 6.84. The smallest absolute Gasteiger partial charge is 0.220 e. The summed E-state index contributed by atoms with van der Waals surface area (Å²) < 4.78 is 5.28. The molecule has 0 aromatic carbocycles.